The molecule has 13 heavy (non-hydrogen) atoms. The van der Waals surface area contributed by atoms with Crippen LogP contribution in [0.25, 0.3) is 5.52 Å². The zero-order valence-corrected chi connectivity index (χ0v) is 7.19. The van der Waals surface area contributed by atoms with E-state index >= 15 is 0 Å². The van der Waals surface area contributed by atoms with Gasteiger partial charge in [-0.05, 0) is 30.7 Å². The minimum atomic E-state index is -0.461. The Morgan fingerprint density at radius 2 is 2.31 bits per heavy atom. The number of carbonyl (C=O) groups excluding carboxylic acids is 1. The standard InChI is InChI=1S/C9H9N3O/c1-6-4-7-2-3-11-12(7)8(5-6)9(10)13/h2-5H,1H3,(H2,10,13). The van der Waals surface area contributed by atoms with Crippen LogP contribution in [-0.4, -0.2) is 15.5 Å². The lowest BCUT2D eigenvalue weighted by atomic mass is 10.2. The number of carbonyl (C=O) groups is 1. The molecule has 0 saturated carbocycles. The molecule has 2 heterocycles. The van der Waals surface area contributed by atoms with Crippen molar-refractivity contribution < 1.29 is 4.79 Å². The second-order valence-electron chi connectivity index (χ2n) is 2.95. The molecule has 0 fully saturated rings. The average Bonchev–Trinajstić information content (AvgIpc) is 2.49. The van der Waals surface area contributed by atoms with Crippen LogP contribution in [0.4, 0.5) is 0 Å². The number of nitrogens with two attached hydrogens (primary N) is 1. The summed E-state index contributed by atoms with van der Waals surface area (Å²) in [6, 6.07) is 5.50. The number of rotatable bonds is 1. The summed E-state index contributed by atoms with van der Waals surface area (Å²) in [5, 5.41) is 4.00. The molecule has 2 rings (SSSR count). The first-order valence-corrected chi connectivity index (χ1v) is 3.92. The van der Waals surface area contributed by atoms with E-state index in [1.807, 2.05) is 19.1 Å². The normalized spacial score (nSPS) is 10.5. The van der Waals surface area contributed by atoms with Gasteiger partial charge in [-0.1, -0.05) is 0 Å². The molecule has 4 heteroatoms. The van der Waals surface area contributed by atoms with Gasteiger partial charge in [0.2, 0.25) is 0 Å². The summed E-state index contributed by atoms with van der Waals surface area (Å²) in [5.74, 6) is -0.461. The number of nitrogens with zero attached hydrogens (tertiary/aromatic N) is 2. The molecule has 0 radical (unpaired) electrons. The van der Waals surface area contributed by atoms with E-state index in [4.69, 9.17) is 5.73 Å². The molecule has 0 saturated heterocycles. The van der Waals surface area contributed by atoms with Gasteiger partial charge in [0, 0.05) is 0 Å². The zero-order valence-electron chi connectivity index (χ0n) is 7.19. The first-order chi connectivity index (χ1) is 6.18. The number of hydrogen-bond acceptors (Lipinski definition) is 2. The van der Waals surface area contributed by atoms with Crippen molar-refractivity contribution in [3.63, 3.8) is 0 Å². The Kier molecular flexibility index (Phi) is 1.55. The number of hydrogen-bond donors (Lipinski definition) is 1. The summed E-state index contributed by atoms with van der Waals surface area (Å²) < 4.78 is 1.54. The minimum Gasteiger partial charge on any atom is -0.364 e. The summed E-state index contributed by atoms with van der Waals surface area (Å²) in [6.07, 6.45) is 1.64. The van der Waals surface area contributed by atoms with Crippen LogP contribution in [0.1, 0.15) is 16.1 Å². The van der Waals surface area contributed by atoms with Crippen molar-refractivity contribution in [1.29, 1.82) is 0 Å². The number of primary amides is 1. The van der Waals surface area contributed by atoms with Gasteiger partial charge in [-0.3, -0.25) is 4.79 Å². The van der Waals surface area contributed by atoms with E-state index in [9.17, 15) is 4.79 Å². The number of aromatic nitrogens is 2. The van der Waals surface area contributed by atoms with Gasteiger partial charge < -0.3 is 5.73 Å². The minimum absolute atomic E-state index is 0.417. The molecule has 2 N–H and O–H groups in total. The summed E-state index contributed by atoms with van der Waals surface area (Å²) in [4.78, 5) is 11.0. The Morgan fingerprint density at radius 1 is 1.54 bits per heavy atom. The molecule has 0 aliphatic heterocycles. The van der Waals surface area contributed by atoms with Gasteiger partial charge in [0.15, 0.2) is 0 Å². The fraction of sp³-hybridized carbons (Fsp3) is 0.111. The van der Waals surface area contributed by atoms with E-state index in [0.717, 1.165) is 11.1 Å². The van der Waals surface area contributed by atoms with Crippen molar-refractivity contribution in [2.75, 3.05) is 0 Å². The first-order valence-electron chi connectivity index (χ1n) is 3.92. The molecule has 2 aromatic rings. The highest BCUT2D eigenvalue weighted by atomic mass is 16.1. The van der Waals surface area contributed by atoms with Crippen LogP contribution in [0, 0.1) is 6.92 Å². The van der Waals surface area contributed by atoms with Gasteiger partial charge in [0.05, 0.1) is 11.7 Å². The Bertz CT molecular complexity index is 473. The van der Waals surface area contributed by atoms with Crippen molar-refractivity contribution in [3.8, 4) is 0 Å². The Labute approximate surface area is 75.0 Å². The maximum Gasteiger partial charge on any atom is 0.267 e. The lowest BCUT2D eigenvalue weighted by Crippen LogP contribution is -2.16. The molecule has 0 atom stereocenters. The van der Waals surface area contributed by atoms with Crippen molar-refractivity contribution in [1.82, 2.24) is 9.61 Å². The third kappa shape index (κ3) is 1.16. The Hall–Kier alpha value is -1.84. The maximum absolute atomic E-state index is 11.0. The van der Waals surface area contributed by atoms with Crippen LogP contribution < -0.4 is 5.73 Å². The van der Waals surface area contributed by atoms with Gasteiger partial charge in [-0.25, -0.2) is 4.52 Å². The maximum atomic E-state index is 11.0. The van der Waals surface area contributed by atoms with Gasteiger partial charge in [0.25, 0.3) is 5.91 Å². The molecule has 0 aliphatic carbocycles. The van der Waals surface area contributed by atoms with Crippen molar-refractivity contribution in [2.24, 2.45) is 5.73 Å². The lowest BCUT2D eigenvalue weighted by molar-refractivity contribution is 0.0993. The monoisotopic (exact) mass is 175 g/mol. The Balaban J connectivity index is 2.84. The molecule has 0 spiro atoms. The molecule has 2 aromatic heterocycles. The average molecular weight is 175 g/mol. The van der Waals surface area contributed by atoms with E-state index < -0.39 is 5.91 Å². The highest BCUT2D eigenvalue weighted by Gasteiger charge is 2.07. The highest BCUT2D eigenvalue weighted by Crippen LogP contribution is 2.09. The van der Waals surface area contributed by atoms with Crippen molar-refractivity contribution >= 4 is 11.4 Å². The largest absolute Gasteiger partial charge is 0.364 e. The molecule has 0 aliphatic rings. The Morgan fingerprint density at radius 3 is 3.00 bits per heavy atom. The third-order valence-electron chi connectivity index (χ3n) is 1.89. The second kappa shape index (κ2) is 2.58. The SMILES string of the molecule is Cc1cc(C(N)=O)n2nccc2c1. The zero-order chi connectivity index (χ0) is 9.42. The summed E-state index contributed by atoms with van der Waals surface area (Å²) in [5.41, 5.74) is 7.51. The van der Waals surface area contributed by atoms with Crippen LogP contribution in [-0.2, 0) is 0 Å². The molecular formula is C9H9N3O. The fourth-order valence-corrected chi connectivity index (χ4v) is 1.35. The van der Waals surface area contributed by atoms with Crippen LogP contribution in [0.15, 0.2) is 24.4 Å². The molecule has 0 unspecified atom stereocenters. The van der Waals surface area contributed by atoms with Gasteiger partial charge in [-0.15, -0.1) is 0 Å². The van der Waals surface area contributed by atoms with E-state index in [1.54, 1.807) is 12.3 Å². The van der Waals surface area contributed by atoms with E-state index in [-0.39, 0.29) is 0 Å². The smallest absolute Gasteiger partial charge is 0.267 e. The van der Waals surface area contributed by atoms with Crippen molar-refractivity contribution in [2.45, 2.75) is 6.92 Å². The predicted octanol–water partition coefficient (Wildman–Crippen LogP) is 0.742. The van der Waals surface area contributed by atoms with E-state index in [2.05, 4.69) is 5.10 Å². The summed E-state index contributed by atoms with van der Waals surface area (Å²) in [6.45, 7) is 1.92. The van der Waals surface area contributed by atoms with E-state index in [1.165, 1.54) is 4.52 Å². The molecule has 1 amide bonds. The fourth-order valence-electron chi connectivity index (χ4n) is 1.35. The second-order valence-corrected chi connectivity index (χ2v) is 2.95. The van der Waals surface area contributed by atoms with Gasteiger partial charge >= 0.3 is 0 Å². The first kappa shape index (κ1) is 7.79. The van der Waals surface area contributed by atoms with Gasteiger partial charge in [-0.2, -0.15) is 5.10 Å². The number of pyridine rings is 1. The highest BCUT2D eigenvalue weighted by molar-refractivity contribution is 5.92. The molecule has 0 aromatic carbocycles. The third-order valence-corrected chi connectivity index (χ3v) is 1.89. The van der Waals surface area contributed by atoms with Crippen LogP contribution in [0.5, 0.6) is 0 Å². The molecule has 66 valence electrons. The predicted molar refractivity (Wildman–Crippen MR) is 48.4 cm³/mol. The number of amides is 1. The number of aryl methyl sites for hydroxylation is 1. The number of fused-ring (bicyclic) bond motifs is 1. The topological polar surface area (TPSA) is 60.4 Å². The van der Waals surface area contributed by atoms with Crippen LogP contribution >= 0.6 is 0 Å². The van der Waals surface area contributed by atoms with Gasteiger partial charge in [0.1, 0.15) is 5.69 Å². The van der Waals surface area contributed by atoms with Crippen LogP contribution in [0.2, 0.25) is 0 Å². The quantitative estimate of drug-likeness (QED) is 0.694. The van der Waals surface area contributed by atoms with Crippen LogP contribution in [0.3, 0.4) is 0 Å². The lowest BCUT2D eigenvalue weighted by Gasteiger charge is -2.01. The summed E-state index contributed by atoms with van der Waals surface area (Å²) in [7, 11) is 0. The molecule has 4 nitrogen and oxygen atoms in total. The van der Waals surface area contributed by atoms with E-state index in [0.29, 0.717) is 5.69 Å². The molecule has 0 bridgehead atoms. The van der Waals surface area contributed by atoms with Crippen molar-refractivity contribution in [3.05, 3.63) is 35.7 Å². The molecular weight excluding hydrogens is 166 g/mol. The summed E-state index contributed by atoms with van der Waals surface area (Å²) >= 11 is 0.